The van der Waals surface area contributed by atoms with Crippen LogP contribution in [-0.2, 0) is 11.3 Å². The van der Waals surface area contributed by atoms with Gasteiger partial charge in [0.1, 0.15) is 5.82 Å². The van der Waals surface area contributed by atoms with Crippen molar-refractivity contribution in [2.45, 2.75) is 13.0 Å². The van der Waals surface area contributed by atoms with Crippen molar-refractivity contribution in [2.24, 2.45) is 0 Å². The van der Waals surface area contributed by atoms with E-state index < -0.39 is 0 Å². The normalized spacial score (nSPS) is 10.1. The Labute approximate surface area is 106 Å². The maximum Gasteiger partial charge on any atom is 0.234 e. The van der Waals surface area contributed by atoms with Crippen LogP contribution >= 0.6 is 0 Å². The van der Waals surface area contributed by atoms with E-state index in [1.807, 2.05) is 6.07 Å². The second-order valence-electron chi connectivity index (χ2n) is 4.01. The predicted octanol–water partition coefficient (Wildman–Crippen LogP) is 1.29. The molecule has 0 aliphatic carbocycles. The Kier molecular flexibility index (Phi) is 5.81. The van der Waals surface area contributed by atoms with Crippen molar-refractivity contribution in [3.8, 4) is 6.07 Å². The first-order valence-corrected chi connectivity index (χ1v) is 5.69. The lowest BCUT2D eigenvalue weighted by Crippen LogP contribution is -2.35. The van der Waals surface area contributed by atoms with Crippen molar-refractivity contribution < 1.29 is 9.18 Å². The molecule has 0 unspecified atom stereocenters. The quantitative estimate of drug-likeness (QED) is 0.826. The van der Waals surface area contributed by atoms with Gasteiger partial charge in [0.2, 0.25) is 5.91 Å². The molecule has 0 saturated carbocycles. The number of hydrogen-bond donors (Lipinski definition) is 1. The summed E-state index contributed by atoms with van der Waals surface area (Å²) in [5.41, 5.74) is 0.463. The number of nitriles is 1. The molecule has 0 atom stereocenters. The van der Waals surface area contributed by atoms with Gasteiger partial charge in [0, 0.05) is 25.1 Å². The molecular weight excluding hydrogens is 233 g/mol. The number of amides is 1. The van der Waals surface area contributed by atoms with Gasteiger partial charge in [0.25, 0.3) is 0 Å². The molecule has 1 aromatic rings. The summed E-state index contributed by atoms with van der Waals surface area (Å²) in [6.45, 7) is 0.928. The number of hydrogen-bond acceptors (Lipinski definition) is 3. The van der Waals surface area contributed by atoms with Gasteiger partial charge in [-0.3, -0.25) is 9.69 Å². The van der Waals surface area contributed by atoms with Crippen molar-refractivity contribution in [3.63, 3.8) is 0 Å². The van der Waals surface area contributed by atoms with Crippen LogP contribution in [0.15, 0.2) is 24.3 Å². The van der Waals surface area contributed by atoms with Crippen LogP contribution in [0.3, 0.4) is 0 Å². The van der Waals surface area contributed by atoms with Crippen LogP contribution < -0.4 is 5.32 Å². The summed E-state index contributed by atoms with van der Waals surface area (Å²) in [4.78, 5) is 13.3. The second-order valence-corrected chi connectivity index (χ2v) is 4.01. The minimum Gasteiger partial charge on any atom is -0.351 e. The zero-order valence-corrected chi connectivity index (χ0v) is 10.3. The lowest BCUT2D eigenvalue weighted by molar-refractivity contribution is -0.122. The number of likely N-dealkylation sites (N-methyl/N-ethyl adjacent to an activating group) is 1. The smallest absolute Gasteiger partial charge is 0.234 e. The van der Waals surface area contributed by atoms with Gasteiger partial charge >= 0.3 is 0 Å². The highest BCUT2D eigenvalue weighted by Gasteiger charge is 2.07. The number of carbonyl (C=O) groups excluding carboxylic acids is 1. The average Bonchev–Trinajstić information content (AvgIpc) is 2.35. The fourth-order valence-electron chi connectivity index (χ4n) is 1.46. The Hall–Kier alpha value is -1.93. The highest BCUT2D eigenvalue weighted by molar-refractivity contribution is 5.77. The van der Waals surface area contributed by atoms with Crippen LogP contribution in [0.4, 0.5) is 4.39 Å². The molecule has 1 rings (SSSR count). The largest absolute Gasteiger partial charge is 0.351 e. The number of rotatable bonds is 6. The molecule has 0 aromatic heterocycles. The Balaban J connectivity index is 2.34. The molecule has 0 bridgehead atoms. The standard InChI is InChI=1S/C13H16FN3O/c1-17(8-4-7-15)10-13(18)16-9-11-5-2-3-6-12(11)14/h2-3,5-6H,4,8-10H2,1H3,(H,16,18). The minimum atomic E-state index is -0.323. The fraction of sp³-hybridized carbons (Fsp3) is 0.385. The first kappa shape index (κ1) is 14.1. The number of halogens is 1. The van der Waals surface area contributed by atoms with Gasteiger partial charge in [0.05, 0.1) is 12.6 Å². The van der Waals surface area contributed by atoms with E-state index in [2.05, 4.69) is 5.32 Å². The second kappa shape index (κ2) is 7.41. The van der Waals surface area contributed by atoms with Gasteiger partial charge in [-0.15, -0.1) is 0 Å². The van der Waals surface area contributed by atoms with Crippen molar-refractivity contribution in [2.75, 3.05) is 20.1 Å². The average molecular weight is 249 g/mol. The highest BCUT2D eigenvalue weighted by atomic mass is 19.1. The Bertz CT molecular complexity index is 442. The van der Waals surface area contributed by atoms with E-state index in [4.69, 9.17) is 5.26 Å². The molecule has 1 aromatic carbocycles. The lowest BCUT2D eigenvalue weighted by Gasteiger charge is -2.14. The van der Waals surface area contributed by atoms with Crippen molar-refractivity contribution in [1.82, 2.24) is 10.2 Å². The molecule has 0 aliphatic rings. The molecule has 1 amide bonds. The van der Waals surface area contributed by atoms with Crippen LogP contribution in [0.2, 0.25) is 0 Å². The van der Waals surface area contributed by atoms with E-state index in [0.717, 1.165) is 0 Å². The first-order chi connectivity index (χ1) is 8.63. The number of nitrogens with zero attached hydrogens (tertiary/aromatic N) is 2. The van der Waals surface area contributed by atoms with Gasteiger partial charge in [-0.1, -0.05) is 18.2 Å². The van der Waals surface area contributed by atoms with E-state index in [9.17, 15) is 9.18 Å². The lowest BCUT2D eigenvalue weighted by atomic mass is 10.2. The molecule has 18 heavy (non-hydrogen) atoms. The molecule has 0 saturated heterocycles. The molecule has 0 fully saturated rings. The molecule has 5 heteroatoms. The third kappa shape index (κ3) is 4.93. The van der Waals surface area contributed by atoms with E-state index in [1.54, 1.807) is 30.1 Å². The summed E-state index contributed by atoms with van der Waals surface area (Å²) < 4.78 is 13.3. The third-order valence-corrected chi connectivity index (χ3v) is 2.45. The summed E-state index contributed by atoms with van der Waals surface area (Å²) in [5, 5.41) is 11.1. The van der Waals surface area contributed by atoms with Gasteiger partial charge in [-0.25, -0.2) is 4.39 Å². The predicted molar refractivity (Wildman–Crippen MR) is 66.0 cm³/mol. The van der Waals surface area contributed by atoms with Crippen LogP contribution in [0.5, 0.6) is 0 Å². The van der Waals surface area contributed by atoms with Gasteiger partial charge < -0.3 is 5.32 Å². The molecule has 0 heterocycles. The van der Waals surface area contributed by atoms with E-state index in [0.29, 0.717) is 18.5 Å². The van der Waals surface area contributed by atoms with Crippen molar-refractivity contribution >= 4 is 5.91 Å². The molecule has 0 spiro atoms. The Morgan fingerprint density at radius 2 is 2.22 bits per heavy atom. The Morgan fingerprint density at radius 1 is 1.50 bits per heavy atom. The van der Waals surface area contributed by atoms with E-state index >= 15 is 0 Å². The van der Waals surface area contributed by atoms with E-state index in [-0.39, 0.29) is 24.8 Å². The van der Waals surface area contributed by atoms with Gasteiger partial charge in [0.15, 0.2) is 0 Å². The molecule has 1 N–H and O–H groups in total. The third-order valence-electron chi connectivity index (χ3n) is 2.45. The summed E-state index contributed by atoms with van der Waals surface area (Å²) in [6, 6.07) is 8.34. The highest BCUT2D eigenvalue weighted by Crippen LogP contribution is 2.05. The fourth-order valence-corrected chi connectivity index (χ4v) is 1.46. The molecule has 96 valence electrons. The maximum absolute atomic E-state index is 13.3. The minimum absolute atomic E-state index is 0.178. The first-order valence-electron chi connectivity index (χ1n) is 5.69. The molecule has 4 nitrogen and oxygen atoms in total. The molecular formula is C13H16FN3O. The van der Waals surface area contributed by atoms with Crippen LogP contribution in [0, 0.1) is 17.1 Å². The topological polar surface area (TPSA) is 56.1 Å². The van der Waals surface area contributed by atoms with Crippen LogP contribution in [-0.4, -0.2) is 30.9 Å². The summed E-state index contributed by atoms with van der Waals surface area (Å²) >= 11 is 0. The summed E-state index contributed by atoms with van der Waals surface area (Å²) in [5.74, 6) is -0.505. The van der Waals surface area contributed by atoms with Crippen molar-refractivity contribution in [3.05, 3.63) is 35.6 Å². The summed E-state index contributed by atoms with van der Waals surface area (Å²) in [7, 11) is 1.76. The van der Waals surface area contributed by atoms with Crippen LogP contribution in [0.1, 0.15) is 12.0 Å². The van der Waals surface area contributed by atoms with Gasteiger partial charge in [-0.2, -0.15) is 5.26 Å². The Morgan fingerprint density at radius 3 is 2.89 bits per heavy atom. The molecule has 0 aliphatic heterocycles. The van der Waals surface area contributed by atoms with E-state index in [1.165, 1.54) is 6.07 Å². The maximum atomic E-state index is 13.3. The number of carbonyl (C=O) groups is 1. The summed E-state index contributed by atoms with van der Waals surface area (Å²) in [6.07, 6.45) is 0.386. The van der Waals surface area contributed by atoms with Crippen LogP contribution in [0.25, 0.3) is 0 Å². The van der Waals surface area contributed by atoms with Crippen molar-refractivity contribution in [1.29, 1.82) is 5.26 Å². The SMILES string of the molecule is CN(CCC#N)CC(=O)NCc1ccccc1F. The molecule has 0 radical (unpaired) electrons. The number of nitrogens with one attached hydrogen (secondary N) is 1. The number of benzene rings is 1. The zero-order chi connectivity index (χ0) is 13.4. The zero-order valence-electron chi connectivity index (χ0n) is 10.3. The monoisotopic (exact) mass is 249 g/mol. The van der Waals surface area contributed by atoms with Gasteiger partial charge in [-0.05, 0) is 13.1 Å².